The quantitative estimate of drug-likeness (QED) is 0.780. The fraction of sp³-hybridized carbons (Fsp3) is 0.111. The van der Waals surface area contributed by atoms with E-state index in [0.29, 0.717) is 21.2 Å². The summed E-state index contributed by atoms with van der Waals surface area (Å²) in [7, 11) is 1.31. The van der Waals surface area contributed by atoms with Gasteiger partial charge in [-0.15, -0.1) is 0 Å². The zero-order valence-electron chi connectivity index (χ0n) is 7.78. The van der Waals surface area contributed by atoms with Crippen LogP contribution in [0.4, 0.5) is 5.13 Å². The first-order valence-electron chi connectivity index (χ1n) is 4.05. The van der Waals surface area contributed by atoms with Crippen molar-refractivity contribution in [3.8, 4) is 0 Å². The molecule has 0 radical (unpaired) electrons. The molecule has 0 spiro atoms. The summed E-state index contributed by atoms with van der Waals surface area (Å²) in [6.07, 6.45) is 0. The Morgan fingerprint density at radius 1 is 1.60 bits per heavy atom. The van der Waals surface area contributed by atoms with Crippen LogP contribution in [0.3, 0.4) is 0 Å². The number of thiazole rings is 1. The van der Waals surface area contributed by atoms with Crippen molar-refractivity contribution in [1.82, 2.24) is 4.98 Å². The fourth-order valence-corrected chi connectivity index (χ4v) is 2.22. The smallest absolute Gasteiger partial charge is 0.339 e. The van der Waals surface area contributed by atoms with Gasteiger partial charge in [-0.1, -0.05) is 22.9 Å². The highest BCUT2D eigenvalue weighted by Crippen LogP contribution is 2.29. The Hall–Kier alpha value is -1.33. The van der Waals surface area contributed by atoms with Crippen LogP contribution in [0.25, 0.3) is 10.2 Å². The molecule has 6 heteroatoms. The van der Waals surface area contributed by atoms with Crippen molar-refractivity contribution in [3.63, 3.8) is 0 Å². The first-order chi connectivity index (χ1) is 7.11. The van der Waals surface area contributed by atoms with Gasteiger partial charge in [-0.05, 0) is 12.1 Å². The van der Waals surface area contributed by atoms with Gasteiger partial charge in [-0.2, -0.15) is 0 Å². The molecule has 0 fully saturated rings. The van der Waals surface area contributed by atoms with E-state index in [9.17, 15) is 4.79 Å². The largest absolute Gasteiger partial charge is 0.465 e. The van der Waals surface area contributed by atoms with Gasteiger partial charge < -0.3 is 10.5 Å². The van der Waals surface area contributed by atoms with Crippen LogP contribution in [0.15, 0.2) is 12.1 Å². The number of esters is 1. The lowest BCUT2D eigenvalue weighted by atomic mass is 10.2. The molecule has 0 aliphatic heterocycles. The number of carbonyl (C=O) groups excluding carboxylic acids is 1. The van der Waals surface area contributed by atoms with Gasteiger partial charge in [0.15, 0.2) is 5.13 Å². The minimum atomic E-state index is -0.464. The zero-order chi connectivity index (χ0) is 11.0. The Morgan fingerprint density at radius 3 is 3.00 bits per heavy atom. The standard InChI is InChI=1S/C9H7ClN2O2S/c1-14-8(13)4-2-7-6(3-5(4)10)12-9(11)15-7/h2-3H,1H3,(H2,11,12). The highest BCUT2D eigenvalue weighted by molar-refractivity contribution is 7.22. The first-order valence-corrected chi connectivity index (χ1v) is 5.25. The lowest BCUT2D eigenvalue weighted by Crippen LogP contribution is -2.01. The molecule has 0 aliphatic carbocycles. The molecule has 4 nitrogen and oxygen atoms in total. The number of aromatic nitrogens is 1. The van der Waals surface area contributed by atoms with E-state index in [-0.39, 0.29) is 0 Å². The van der Waals surface area contributed by atoms with Crippen molar-refractivity contribution >= 4 is 44.3 Å². The summed E-state index contributed by atoms with van der Waals surface area (Å²) >= 11 is 7.21. The van der Waals surface area contributed by atoms with Crippen LogP contribution in [0.1, 0.15) is 10.4 Å². The van der Waals surface area contributed by atoms with Crippen molar-refractivity contribution in [2.45, 2.75) is 0 Å². The summed E-state index contributed by atoms with van der Waals surface area (Å²) < 4.78 is 5.42. The van der Waals surface area contributed by atoms with Crippen molar-refractivity contribution in [2.24, 2.45) is 0 Å². The molecule has 0 saturated heterocycles. The van der Waals surface area contributed by atoms with Gasteiger partial charge in [0, 0.05) is 0 Å². The van der Waals surface area contributed by atoms with Gasteiger partial charge in [0.25, 0.3) is 0 Å². The van der Waals surface area contributed by atoms with Gasteiger partial charge in [-0.3, -0.25) is 0 Å². The molecule has 0 bridgehead atoms. The third-order valence-corrected chi connectivity index (χ3v) is 3.06. The van der Waals surface area contributed by atoms with Crippen molar-refractivity contribution in [2.75, 3.05) is 12.8 Å². The first kappa shape index (κ1) is 10.2. The maximum atomic E-state index is 11.3. The highest BCUT2D eigenvalue weighted by atomic mass is 35.5. The number of nitrogens with two attached hydrogens (primary N) is 1. The lowest BCUT2D eigenvalue weighted by molar-refractivity contribution is 0.0601. The van der Waals surface area contributed by atoms with Gasteiger partial charge >= 0.3 is 5.97 Å². The van der Waals surface area contributed by atoms with E-state index in [4.69, 9.17) is 17.3 Å². The summed E-state index contributed by atoms with van der Waals surface area (Å²) in [4.78, 5) is 15.4. The van der Waals surface area contributed by atoms with Gasteiger partial charge in [-0.25, -0.2) is 9.78 Å². The molecule has 2 rings (SSSR count). The van der Waals surface area contributed by atoms with Gasteiger partial charge in [0.05, 0.1) is 27.9 Å². The predicted molar refractivity (Wildman–Crippen MR) is 60.4 cm³/mol. The average Bonchev–Trinajstić information content (AvgIpc) is 2.55. The van der Waals surface area contributed by atoms with Crippen molar-refractivity contribution in [1.29, 1.82) is 0 Å². The van der Waals surface area contributed by atoms with Crippen LogP contribution >= 0.6 is 22.9 Å². The Balaban J connectivity index is 2.66. The van der Waals surface area contributed by atoms with E-state index in [1.807, 2.05) is 0 Å². The van der Waals surface area contributed by atoms with E-state index < -0.39 is 5.97 Å². The summed E-state index contributed by atoms with van der Waals surface area (Å²) in [5, 5.41) is 0.766. The maximum Gasteiger partial charge on any atom is 0.339 e. The molecule has 0 unspecified atom stereocenters. The molecule has 0 amide bonds. The lowest BCUT2D eigenvalue weighted by Gasteiger charge is -2.01. The number of ether oxygens (including phenoxy) is 1. The Bertz CT molecular complexity index is 538. The Labute approximate surface area is 94.6 Å². The number of halogens is 1. The van der Waals surface area contributed by atoms with Crippen LogP contribution in [0.5, 0.6) is 0 Å². The number of rotatable bonds is 1. The molecule has 78 valence electrons. The van der Waals surface area contributed by atoms with Crippen LogP contribution in [-0.4, -0.2) is 18.1 Å². The second-order valence-corrected chi connectivity index (χ2v) is 4.31. The Morgan fingerprint density at radius 2 is 2.33 bits per heavy atom. The van der Waals surface area contributed by atoms with Crippen molar-refractivity contribution < 1.29 is 9.53 Å². The normalized spacial score (nSPS) is 10.5. The number of hydrogen-bond donors (Lipinski definition) is 1. The van der Waals surface area contributed by atoms with Gasteiger partial charge in [0.1, 0.15) is 0 Å². The van der Waals surface area contributed by atoms with E-state index in [0.717, 1.165) is 4.70 Å². The zero-order valence-corrected chi connectivity index (χ0v) is 9.35. The summed E-state index contributed by atoms with van der Waals surface area (Å²) in [5.74, 6) is -0.464. The van der Waals surface area contributed by atoms with Crippen LogP contribution in [0, 0.1) is 0 Å². The summed E-state index contributed by atoms with van der Waals surface area (Å²) in [6, 6.07) is 3.24. The van der Waals surface area contributed by atoms with Crippen LogP contribution < -0.4 is 5.73 Å². The van der Waals surface area contributed by atoms with Crippen LogP contribution in [-0.2, 0) is 4.74 Å². The summed E-state index contributed by atoms with van der Waals surface area (Å²) in [6.45, 7) is 0. The minimum absolute atomic E-state index is 0.319. The van der Waals surface area contributed by atoms with E-state index in [1.165, 1.54) is 18.4 Å². The Kier molecular flexibility index (Phi) is 2.50. The van der Waals surface area contributed by atoms with Crippen molar-refractivity contribution in [3.05, 3.63) is 22.7 Å². The highest BCUT2D eigenvalue weighted by Gasteiger charge is 2.13. The number of methoxy groups -OCH3 is 1. The topological polar surface area (TPSA) is 65.2 Å². The second kappa shape index (κ2) is 3.67. The van der Waals surface area contributed by atoms with E-state index in [1.54, 1.807) is 12.1 Å². The third-order valence-electron chi connectivity index (χ3n) is 1.90. The van der Waals surface area contributed by atoms with E-state index >= 15 is 0 Å². The molecular formula is C9H7ClN2O2S. The number of anilines is 1. The number of carbonyl (C=O) groups is 1. The molecular weight excluding hydrogens is 236 g/mol. The second-order valence-electron chi connectivity index (χ2n) is 2.84. The molecule has 2 N–H and O–H groups in total. The molecule has 0 atom stereocenters. The third kappa shape index (κ3) is 1.75. The molecule has 1 aromatic carbocycles. The molecule has 15 heavy (non-hydrogen) atoms. The number of hydrogen-bond acceptors (Lipinski definition) is 5. The van der Waals surface area contributed by atoms with Gasteiger partial charge in [0.2, 0.25) is 0 Å². The molecule has 0 saturated carbocycles. The number of fused-ring (bicyclic) bond motifs is 1. The predicted octanol–water partition coefficient (Wildman–Crippen LogP) is 2.32. The molecule has 1 aromatic heterocycles. The van der Waals surface area contributed by atoms with Crippen LogP contribution in [0.2, 0.25) is 5.02 Å². The fourth-order valence-electron chi connectivity index (χ4n) is 1.23. The number of nitrogen functional groups attached to an aromatic ring is 1. The monoisotopic (exact) mass is 242 g/mol. The minimum Gasteiger partial charge on any atom is -0.465 e. The molecule has 0 aliphatic rings. The maximum absolute atomic E-state index is 11.3. The average molecular weight is 243 g/mol. The number of benzene rings is 1. The molecule has 2 aromatic rings. The SMILES string of the molecule is COC(=O)c1cc2sc(N)nc2cc1Cl. The molecule has 1 heterocycles. The summed E-state index contributed by atoms with van der Waals surface area (Å²) in [5.41, 5.74) is 6.57. The number of nitrogens with zero attached hydrogens (tertiary/aromatic N) is 1. The van der Waals surface area contributed by atoms with E-state index in [2.05, 4.69) is 9.72 Å².